The number of aromatic nitrogens is 1. The number of nitrogens with one attached hydrogen (secondary N) is 2. The summed E-state index contributed by atoms with van der Waals surface area (Å²) in [5, 5.41) is 2.59. The summed E-state index contributed by atoms with van der Waals surface area (Å²) in [5.74, 6) is -0.510. The maximum atomic E-state index is 12.7. The molecule has 0 spiro atoms. The second kappa shape index (κ2) is 9.51. The van der Waals surface area contributed by atoms with Gasteiger partial charge >= 0.3 is 0 Å². The Morgan fingerprint density at radius 1 is 0.938 bits per heavy atom. The highest BCUT2D eigenvalue weighted by Gasteiger charge is 2.17. The van der Waals surface area contributed by atoms with Crippen molar-refractivity contribution in [3.8, 4) is 5.69 Å². The van der Waals surface area contributed by atoms with Gasteiger partial charge in [0.2, 0.25) is 5.91 Å². The third-order valence-corrected chi connectivity index (χ3v) is 6.55. The quantitative estimate of drug-likeness (QED) is 0.305. The first-order chi connectivity index (χ1) is 15.5. The molecule has 0 fully saturated rings. The molecule has 0 saturated heterocycles. The van der Waals surface area contributed by atoms with Gasteiger partial charge in [0.25, 0.3) is 5.91 Å². The summed E-state index contributed by atoms with van der Waals surface area (Å²) in [5.41, 5.74) is 8.27. The zero-order valence-electron chi connectivity index (χ0n) is 17.7. The van der Waals surface area contributed by atoms with Crippen LogP contribution in [0.1, 0.15) is 21.7 Å². The van der Waals surface area contributed by atoms with Gasteiger partial charge in [0.1, 0.15) is 0 Å². The SMILES string of the molecule is Cc1cc(C(=O)NNC(=O)CSc2cccc3cccc(Cl)c23)c(C)n1-c1ccccc1. The molecule has 0 unspecified atom stereocenters. The van der Waals surface area contributed by atoms with Crippen molar-refractivity contribution in [1.29, 1.82) is 0 Å². The summed E-state index contributed by atoms with van der Waals surface area (Å²) in [6.07, 6.45) is 0. The molecule has 0 aliphatic heterocycles. The Morgan fingerprint density at radius 3 is 2.41 bits per heavy atom. The fourth-order valence-electron chi connectivity index (χ4n) is 3.72. The molecule has 2 N–H and O–H groups in total. The Kier molecular flexibility index (Phi) is 6.53. The van der Waals surface area contributed by atoms with Gasteiger partial charge in [0.05, 0.1) is 11.3 Å². The Balaban J connectivity index is 1.40. The average molecular weight is 464 g/mol. The molecule has 162 valence electrons. The smallest absolute Gasteiger partial charge is 0.271 e. The highest BCUT2D eigenvalue weighted by atomic mass is 35.5. The van der Waals surface area contributed by atoms with Crippen molar-refractivity contribution in [2.45, 2.75) is 18.7 Å². The molecule has 7 heteroatoms. The normalized spacial score (nSPS) is 10.8. The summed E-state index contributed by atoms with van der Waals surface area (Å²) in [6.45, 7) is 3.83. The Labute approximate surface area is 195 Å². The third kappa shape index (κ3) is 4.52. The molecule has 2 amide bonds. The maximum absolute atomic E-state index is 12.7. The molecular weight excluding hydrogens is 442 g/mol. The highest BCUT2D eigenvalue weighted by molar-refractivity contribution is 8.00. The minimum Gasteiger partial charge on any atom is -0.318 e. The molecule has 1 heterocycles. The molecule has 0 radical (unpaired) electrons. The molecule has 4 rings (SSSR count). The molecule has 0 bridgehead atoms. The van der Waals surface area contributed by atoms with Crippen molar-refractivity contribution in [1.82, 2.24) is 15.4 Å². The lowest BCUT2D eigenvalue weighted by Gasteiger charge is -2.11. The first kappa shape index (κ1) is 22.0. The van der Waals surface area contributed by atoms with Crippen molar-refractivity contribution in [2.24, 2.45) is 0 Å². The maximum Gasteiger partial charge on any atom is 0.271 e. The summed E-state index contributed by atoms with van der Waals surface area (Å²) in [6, 6.07) is 23.2. The minimum absolute atomic E-state index is 0.146. The standard InChI is InChI=1S/C25H22ClN3O2S/c1-16-14-20(17(2)29(16)19-10-4-3-5-11-19)25(31)28-27-23(30)15-32-22-13-7-9-18-8-6-12-21(26)24(18)22/h3-14H,15H2,1-2H3,(H,27,30)(H,28,31). The zero-order valence-corrected chi connectivity index (χ0v) is 19.3. The van der Waals surface area contributed by atoms with Gasteiger partial charge in [-0.2, -0.15) is 0 Å². The first-order valence-electron chi connectivity index (χ1n) is 10.1. The number of nitrogens with zero attached hydrogens (tertiary/aromatic N) is 1. The zero-order chi connectivity index (χ0) is 22.7. The Hall–Kier alpha value is -3.22. The van der Waals surface area contributed by atoms with Gasteiger partial charge in [-0.3, -0.25) is 20.4 Å². The van der Waals surface area contributed by atoms with E-state index in [1.54, 1.807) is 0 Å². The third-order valence-electron chi connectivity index (χ3n) is 5.18. The van der Waals surface area contributed by atoms with Crippen LogP contribution < -0.4 is 10.9 Å². The summed E-state index contributed by atoms with van der Waals surface area (Å²) < 4.78 is 2.01. The molecule has 5 nitrogen and oxygen atoms in total. The number of carbonyl (C=O) groups excluding carboxylic acids is 2. The molecule has 1 aromatic heterocycles. The molecule has 32 heavy (non-hydrogen) atoms. The van der Waals surface area contributed by atoms with E-state index >= 15 is 0 Å². The van der Waals surface area contributed by atoms with Crippen molar-refractivity contribution < 1.29 is 9.59 Å². The number of hydrazine groups is 1. The van der Waals surface area contributed by atoms with Gasteiger partial charge in [0.15, 0.2) is 0 Å². The number of para-hydroxylation sites is 1. The average Bonchev–Trinajstić information content (AvgIpc) is 3.10. The van der Waals surface area contributed by atoms with Crippen LogP contribution in [0.25, 0.3) is 16.5 Å². The lowest BCUT2D eigenvalue weighted by Crippen LogP contribution is -2.42. The Morgan fingerprint density at radius 2 is 1.66 bits per heavy atom. The summed E-state index contributed by atoms with van der Waals surface area (Å²) >= 11 is 7.72. The van der Waals surface area contributed by atoms with E-state index in [9.17, 15) is 9.59 Å². The summed E-state index contributed by atoms with van der Waals surface area (Å²) in [7, 11) is 0. The van der Waals surface area contributed by atoms with Gasteiger partial charge in [-0.05, 0) is 49.6 Å². The topological polar surface area (TPSA) is 63.1 Å². The van der Waals surface area contributed by atoms with Crippen LogP contribution in [0.15, 0.2) is 77.7 Å². The van der Waals surface area contributed by atoms with E-state index < -0.39 is 0 Å². The van der Waals surface area contributed by atoms with Crippen LogP contribution in [-0.4, -0.2) is 22.1 Å². The largest absolute Gasteiger partial charge is 0.318 e. The lowest BCUT2D eigenvalue weighted by molar-refractivity contribution is -0.119. The van der Waals surface area contributed by atoms with Gasteiger partial charge < -0.3 is 4.57 Å². The number of thioether (sulfide) groups is 1. The summed E-state index contributed by atoms with van der Waals surface area (Å²) in [4.78, 5) is 26.0. The predicted molar refractivity (Wildman–Crippen MR) is 131 cm³/mol. The molecule has 0 saturated carbocycles. The van der Waals surface area contributed by atoms with Crippen LogP contribution >= 0.6 is 23.4 Å². The molecular formula is C25H22ClN3O2S. The van der Waals surface area contributed by atoms with E-state index in [0.717, 1.165) is 32.7 Å². The van der Waals surface area contributed by atoms with Gasteiger partial charge in [-0.25, -0.2) is 0 Å². The van der Waals surface area contributed by atoms with Crippen molar-refractivity contribution in [3.63, 3.8) is 0 Å². The number of halogens is 1. The molecule has 0 atom stereocenters. The lowest BCUT2D eigenvalue weighted by atomic mass is 10.1. The number of carbonyl (C=O) groups is 2. The molecule has 0 aliphatic rings. The van der Waals surface area contributed by atoms with E-state index in [1.807, 2.05) is 91.2 Å². The van der Waals surface area contributed by atoms with Crippen LogP contribution in [-0.2, 0) is 4.79 Å². The van der Waals surface area contributed by atoms with E-state index in [4.69, 9.17) is 11.6 Å². The second-order valence-corrected chi connectivity index (χ2v) is 8.77. The number of hydrogen-bond donors (Lipinski definition) is 2. The van der Waals surface area contributed by atoms with Gasteiger partial charge in [-0.1, -0.05) is 54.1 Å². The monoisotopic (exact) mass is 463 g/mol. The number of fused-ring (bicyclic) bond motifs is 1. The second-order valence-electron chi connectivity index (χ2n) is 7.34. The van der Waals surface area contributed by atoms with Crippen LogP contribution in [0, 0.1) is 13.8 Å². The first-order valence-corrected chi connectivity index (χ1v) is 11.5. The van der Waals surface area contributed by atoms with Crippen molar-refractivity contribution in [3.05, 3.63) is 94.8 Å². The number of rotatable bonds is 5. The van der Waals surface area contributed by atoms with Crippen molar-refractivity contribution in [2.75, 3.05) is 5.75 Å². The van der Waals surface area contributed by atoms with E-state index in [-0.39, 0.29) is 17.6 Å². The fraction of sp³-hybridized carbons (Fsp3) is 0.120. The number of aryl methyl sites for hydroxylation is 1. The minimum atomic E-state index is -0.355. The van der Waals surface area contributed by atoms with E-state index in [2.05, 4.69) is 10.9 Å². The fourth-order valence-corrected chi connectivity index (χ4v) is 4.97. The Bertz CT molecular complexity index is 1300. The molecule has 0 aliphatic carbocycles. The van der Waals surface area contributed by atoms with Crippen molar-refractivity contribution >= 4 is 45.9 Å². The van der Waals surface area contributed by atoms with Crippen LogP contribution in [0.5, 0.6) is 0 Å². The molecule has 4 aromatic rings. The number of hydrogen-bond acceptors (Lipinski definition) is 3. The highest BCUT2D eigenvalue weighted by Crippen LogP contribution is 2.33. The number of amides is 2. The van der Waals surface area contributed by atoms with Gasteiger partial charge in [-0.15, -0.1) is 11.8 Å². The van der Waals surface area contributed by atoms with Crippen LogP contribution in [0.2, 0.25) is 5.02 Å². The van der Waals surface area contributed by atoms with E-state index in [1.165, 1.54) is 11.8 Å². The molecule has 3 aromatic carbocycles. The van der Waals surface area contributed by atoms with Gasteiger partial charge in [0, 0.05) is 32.4 Å². The van der Waals surface area contributed by atoms with Crippen LogP contribution in [0.3, 0.4) is 0 Å². The predicted octanol–water partition coefficient (Wildman–Crippen LogP) is 5.45. The van der Waals surface area contributed by atoms with E-state index in [0.29, 0.717) is 10.6 Å². The van der Waals surface area contributed by atoms with Crippen LogP contribution in [0.4, 0.5) is 0 Å². The number of benzene rings is 3.